The highest BCUT2D eigenvalue weighted by Crippen LogP contribution is 2.21. The molecule has 2 rings (SSSR count). The summed E-state index contributed by atoms with van der Waals surface area (Å²) >= 11 is 0. The molecule has 2 aliphatic rings. The van der Waals surface area contributed by atoms with Gasteiger partial charge in [0.05, 0.1) is 12.1 Å². The highest BCUT2D eigenvalue weighted by atomic mass is 16.3. The summed E-state index contributed by atoms with van der Waals surface area (Å²) in [4.78, 5) is 14.0. The molecule has 1 amide bonds. The van der Waals surface area contributed by atoms with Crippen LogP contribution < -0.4 is 5.32 Å². The molecule has 92 valence electrons. The molecule has 2 fully saturated rings. The van der Waals surface area contributed by atoms with Crippen LogP contribution in [0.1, 0.15) is 32.6 Å². The molecule has 4 heteroatoms. The number of aliphatic hydroxyl groups excluding tert-OH is 1. The lowest BCUT2D eigenvalue weighted by molar-refractivity contribution is -0.135. The van der Waals surface area contributed by atoms with Gasteiger partial charge in [0.1, 0.15) is 0 Å². The molecule has 0 saturated carbocycles. The molecule has 0 unspecified atom stereocenters. The third-order valence-corrected chi connectivity index (χ3v) is 3.89. The Labute approximate surface area is 97.0 Å². The average Bonchev–Trinajstić information content (AvgIpc) is 2.81. The maximum atomic E-state index is 12.1. The summed E-state index contributed by atoms with van der Waals surface area (Å²) in [7, 11) is 0. The van der Waals surface area contributed by atoms with Crippen LogP contribution in [0.5, 0.6) is 0 Å². The van der Waals surface area contributed by atoms with Crippen LogP contribution in [0.25, 0.3) is 0 Å². The number of carbonyl (C=O) groups is 1. The Morgan fingerprint density at radius 1 is 1.38 bits per heavy atom. The number of hydrogen-bond acceptors (Lipinski definition) is 3. The first kappa shape index (κ1) is 11.9. The van der Waals surface area contributed by atoms with E-state index >= 15 is 0 Å². The lowest BCUT2D eigenvalue weighted by Crippen LogP contribution is -2.47. The van der Waals surface area contributed by atoms with Crippen molar-refractivity contribution >= 4 is 5.91 Å². The van der Waals surface area contributed by atoms with Gasteiger partial charge in [-0.3, -0.25) is 4.79 Å². The summed E-state index contributed by atoms with van der Waals surface area (Å²) in [5, 5.41) is 12.7. The first-order valence-corrected chi connectivity index (χ1v) is 6.38. The molecule has 0 bridgehead atoms. The zero-order chi connectivity index (χ0) is 11.5. The molecule has 4 nitrogen and oxygen atoms in total. The molecule has 2 heterocycles. The van der Waals surface area contributed by atoms with Crippen molar-refractivity contribution < 1.29 is 9.90 Å². The fraction of sp³-hybridized carbons (Fsp3) is 0.917. The second kappa shape index (κ2) is 5.15. The molecular formula is C12H22N2O2. The van der Waals surface area contributed by atoms with Gasteiger partial charge in [0.25, 0.3) is 0 Å². The van der Waals surface area contributed by atoms with E-state index in [1.807, 2.05) is 11.8 Å². The molecule has 0 aromatic rings. The van der Waals surface area contributed by atoms with Crippen LogP contribution >= 0.6 is 0 Å². The van der Waals surface area contributed by atoms with E-state index in [0.29, 0.717) is 5.92 Å². The largest absolute Gasteiger partial charge is 0.393 e. The van der Waals surface area contributed by atoms with Crippen molar-refractivity contribution in [3.63, 3.8) is 0 Å². The van der Waals surface area contributed by atoms with Crippen molar-refractivity contribution in [2.24, 2.45) is 5.92 Å². The third kappa shape index (κ3) is 2.55. The second-order valence-corrected chi connectivity index (χ2v) is 5.05. The molecule has 0 aromatic heterocycles. The van der Waals surface area contributed by atoms with Crippen molar-refractivity contribution in [3.05, 3.63) is 0 Å². The Hall–Kier alpha value is -0.610. The normalized spacial score (nSPS) is 29.4. The number of likely N-dealkylation sites (tertiary alicyclic amines) is 1. The van der Waals surface area contributed by atoms with E-state index in [2.05, 4.69) is 5.32 Å². The number of rotatable bonds is 2. The molecule has 0 aliphatic carbocycles. The SMILES string of the molecule is C[C@H](O)C1CCN(C(=O)[C@@H]2CCCN2)CC1. The fourth-order valence-electron chi connectivity index (χ4n) is 2.72. The number of nitrogens with zero attached hydrogens (tertiary/aromatic N) is 1. The summed E-state index contributed by atoms with van der Waals surface area (Å²) in [6, 6.07) is 0.0584. The first-order valence-electron chi connectivity index (χ1n) is 6.38. The number of carbonyl (C=O) groups excluding carboxylic acids is 1. The smallest absolute Gasteiger partial charge is 0.239 e. The highest BCUT2D eigenvalue weighted by Gasteiger charge is 2.30. The number of hydrogen-bond donors (Lipinski definition) is 2. The van der Waals surface area contributed by atoms with Crippen molar-refractivity contribution in [1.29, 1.82) is 0 Å². The summed E-state index contributed by atoms with van der Waals surface area (Å²) in [6.45, 7) is 4.44. The van der Waals surface area contributed by atoms with Crippen LogP contribution in [0.15, 0.2) is 0 Å². The maximum Gasteiger partial charge on any atom is 0.239 e. The van der Waals surface area contributed by atoms with Gasteiger partial charge >= 0.3 is 0 Å². The van der Waals surface area contributed by atoms with E-state index in [4.69, 9.17) is 0 Å². The van der Waals surface area contributed by atoms with Gasteiger partial charge in [0.2, 0.25) is 5.91 Å². The van der Waals surface area contributed by atoms with Crippen LogP contribution in [-0.2, 0) is 4.79 Å². The predicted molar refractivity (Wildman–Crippen MR) is 62.0 cm³/mol. The minimum absolute atomic E-state index is 0.0584. The topological polar surface area (TPSA) is 52.6 Å². The van der Waals surface area contributed by atoms with Crippen molar-refractivity contribution in [2.75, 3.05) is 19.6 Å². The Bertz CT molecular complexity index is 241. The van der Waals surface area contributed by atoms with E-state index < -0.39 is 0 Å². The molecule has 16 heavy (non-hydrogen) atoms. The zero-order valence-corrected chi connectivity index (χ0v) is 9.98. The lowest BCUT2D eigenvalue weighted by Gasteiger charge is -2.34. The van der Waals surface area contributed by atoms with Gasteiger partial charge in [0, 0.05) is 13.1 Å². The molecule has 2 N–H and O–H groups in total. The Morgan fingerprint density at radius 2 is 2.06 bits per heavy atom. The van der Waals surface area contributed by atoms with E-state index in [9.17, 15) is 9.90 Å². The van der Waals surface area contributed by atoms with Crippen molar-refractivity contribution in [1.82, 2.24) is 10.2 Å². The fourth-order valence-corrected chi connectivity index (χ4v) is 2.72. The Morgan fingerprint density at radius 3 is 2.56 bits per heavy atom. The van der Waals surface area contributed by atoms with Gasteiger partial charge in [0.15, 0.2) is 0 Å². The van der Waals surface area contributed by atoms with Crippen LogP contribution in [0, 0.1) is 5.92 Å². The minimum atomic E-state index is -0.234. The van der Waals surface area contributed by atoms with Gasteiger partial charge in [-0.25, -0.2) is 0 Å². The molecule has 2 saturated heterocycles. The lowest BCUT2D eigenvalue weighted by atomic mass is 9.92. The average molecular weight is 226 g/mol. The molecular weight excluding hydrogens is 204 g/mol. The van der Waals surface area contributed by atoms with Gasteiger partial charge in [-0.2, -0.15) is 0 Å². The number of amides is 1. The summed E-state index contributed by atoms with van der Waals surface area (Å²) < 4.78 is 0. The number of aliphatic hydroxyl groups is 1. The standard InChI is InChI=1S/C12H22N2O2/c1-9(15)10-4-7-14(8-5-10)12(16)11-3-2-6-13-11/h9-11,13,15H,2-8H2,1H3/t9-,11-/m0/s1. The Kier molecular flexibility index (Phi) is 3.82. The summed E-state index contributed by atoms with van der Waals surface area (Å²) in [6.07, 6.45) is 3.74. The molecule has 2 atom stereocenters. The van der Waals surface area contributed by atoms with Crippen LogP contribution in [-0.4, -0.2) is 47.7 Å². The quantitative estimate of drug-likeness (QED) is 0.715. The summed E-state index contributed by atoms with van der Waals surface area (Å²) in [5.41, 5.74) is 0. The van der Waals surface area contributed by atoms with Gasteiger partial charge in [-0.1, -0.05) is 0 Å². The summed E-state index contributed by atoms with van der Waals surface area (Å²) in [5.74, 6) is 0.641. The monoisotopic (exact) mass is 226 g/mol. The van der Waals surface area contributed by atoms with Gasteiger partial charge < -0.3 is 15.3 Å². The minimum Gasteiger partial charge on any atom is -0.393 e. The first-order chi connectivity index (χ1) is 7.68. The number of nitrogens with one attached hydrogen (secondary N) is 1. The molecule has 0 aromatic carbocycles. The van der Waals surface area contributed by atoms with Gasteiger partial charge in [-0.15, -0.1) is 0 Å². The maximum absolute atomic E-state index is 12.1. The highest BCUT2D eigenvalue weighted by molar-refractivity contribution is 5.82. The van der Waals surface area contributed by atoms with E-state index in [-0.39, 0.29) is 18.1 Å². The van der Waals surface area contributed by atoms with Crippen LogP contribution in [0.4, 0.5) is 0 Å². The molecule has 0 radical (unpaired) electrons. The second-order valence-electron chi connectivity index (χ2n) is 5.05. The zero-order valence-electron chi connectivity index (χ0n) is 9.98. The van der Waals surface area contributed by atoms with E-state index in [0.717, 1.165) is 45.3 Å². The van der Waals surface area contributed by atoms with Crippen LogP contribution in [0.3, 0.4) is 0 Å². The van der Waals surface area contributed by atoms with E-state index in [1.165, 1.54) is 0 Å². The molecule has 2 aliphatic heterocycles. The number of piperidine rings is 1. The van der Waals surface area contributed by atoms with Crippen molar-refractivity contribution in [2.45, 2.75) is 44.8 Å². The van der Waals surface area contributed by atoms with E-state index in [1.54, 1.807) is 0 Å². The van der Waals surface area contributed by atoms with Gasteiger partial charge in [-0.05, 0) is 45.1 Å². The van der Waals surface area contributed by atoms with Crippen LogP contribution in [0.2, 0.25) is 0 Å². The third-order valence-electron chi connectivity index (χ3n) is 3.89. The van der Waals surface area contributed by atoms with Crippen molar-refractivity contribution in [3.8, 4) is 0 Å². The molecule has 0 spiro atoms. The Balaban J connectivity index is 1.81. The predicted octanol–water partition coefficient (Wildman–Crippen LogP) is 0.358.